The number of esters is 1. The first-order valence-electron chi connectivity index (χ1n) is 11.7. The molecule has 1 heterocycles. The van der Waals surface area contributed by atoms with E-state index in [1.165, 1.54) is 7.11 Å². The molecule has 1 aliphatic carbocycles. The molecule has 1 aromatic heterocycles. The normalized spacial score (nSPS) is 19.2. The predicted molar refractivity (Wildman–Crippen MR) is 132 cm³/mol. The maximum Gasteiger partial charge on any atom is 0.306 e. The Morgan fingerprint density at radius 2 is 1.91 bits per heavy atom. The topological polar surface area (TPSA) is 87.6 Å². The molecule has 0 saturated heterocycles. The van der Waals surface area contributed by atoms with E-state index in [9.17, 15) is 9.90 Å². The summed E-state index contributed by atoms with van der Waals surface area (Å²) in [4.78, 5) is 14.3. The molecule has 0 amide bonds. The van der Waals surface area contributed by atoms with Crippen molar-refractivity contribution >= 4 is 34.8 Å². The molecule has 1 saturated carbocycles. The average molecular weight is 475 g/mol. The zero-order valence-electron chi connectivity index (χ0n) is 19.9. The number of ether oxygens (including phenoxy) is 1. The summed E-state index contributed by atoms with van der Waals surface area (Å²) >= 11 is 5.92. The molecule has 1 aromatic carbocycles. The van der Waals surface area contributed by atoms with Crippen LogP contribution in [0.15, 0.2) is 30.3 Å². The van der Waals surface area contributed by atoms with Gasteiger partial charge >= 0.3 is 5.97 Å². The van der Waals surface area contributed by atoms with E-state index in [1.54, 1.807) is 12.1 Å². The second-order valence-electron chi connectivity index (χ2n) is 9.33. The van der Waals surface area contributed by atoms with E-state index in [4.69, 9.17) is 16.3 Å². The Morgan fingerprint density at radius 3 is 2.52 bits per heavy atom. The fraction of sp³-hybridized carbons (Fsp3) is 0.560. The predicted octanol–water partition coefficient (Wildman–Crippen LogP) is 5.31. The summed E-state index contributed by atoms with van der Waals surface area (Å²) in [6.07, 6.45) is 3.65. The van der Waals surface area contributed by atoms with E-state index in [0.717, 1.165) is 49.2 Å². The number of nitrogens with zero attached hydrogens (tertiary/aromatic N) is 3. The summed E-state index contributed by atoms with van der Waals surface area (Å²) in [7, 11) is 1.41. The first kappa shape index (κ1) is 25.2. The van der Waals surface area contributed by atoms with Gasteiger partial charge in [0, 0.05) is 12.6 Å². The van der Waals surface area contributed by atoms with E-state index >= 15 is 0 Å². The van der Waals surface area contributed by atoms with E-state index in [0.29, 0.717) is 29.4 Å². The number of carbonyl (C=O) groups excluding carboxylic acids is 1. The molecule has 1 fully saturated rings. The molecule has 0 radical (unpaired) electrons. The monoisotopic (exact) mass is 474 g/mol. The number of benzene rings is 1. The SMILES string of the molecule is COC(=O)C[C@@H](C)c1ccc(N(CC(C)C)[C@H]2CC[C@H](O)CC2)c(Nc2ccc(Cl)nn2)c1. The van der Waals surface area contributed by atoms with Crippen LogP contribution in [-0.4, -0.2) is 47.1 Å². The van der Waals surface area contributed by atoms with Crippen LogP contribution >= 0.6 is 11.6 Å². The molecule has 0 unspecified atom stereocenters. The molecule has 0 bridgehead atoms. The van der Waals surface area contributed by atoms with E-state index in [-0.39, 0.29) is 18.0 Å². The first-order chi connectivity index (χ1) is 15.8. The highest BCUT2D eigenvalue weighted by Gasteiger charge is 2.27. The summed E-state index contributed by atoms with van der Waals surface area (Å²) in [5.41, 5.74) is 3.03. The van der Waals surface area contributed by atoms with Gasteiger partial charge in [-0.2, -0.15) is 0 Å². The van der Waals surface area contributed by atoms with Gasteiger partial charge in [0.2, 0.25) is 0 Å². The van der Waals surface area contributed by atoms with E-state index < -0.39 is 0 Å². The smallest absolute Gasteiger partial charge is 0.306 e. The van der Waals surface area contributed by atoms with Gasteiger partial charge in [-0.25, -0.2) is 0 Å². The summed E-state index contributed by atoms with van der Waals surface area (Å²) in [5, 5.41) is 21.9. The number of hydrogen-bond acceptors (Lipinski definition) is 7. The second-order valence-corrected chi connectivity index (χ2v) is 9.72. The molecule has 1 aliphatic rings. The first-order valence-corrected chi connectivity index (χ1v) is 12.1. The summed E-state index contributed by atoms with van der Waals surface area (Å²) < 4.78 is 4.86. The molecule has 2 N–H and O–H groups in total. The minimum atomic E-state index is -0.230. The van der Waals surface area contributed by atoms with Crippen molar-refractivity contribution < 1.29 is 14.6 Å². The highest BCUT2D eigenvalue weighted by atomic mass is 35.5. The van der Waals surface area contributed by atoms with Crippen LogP contribution in [0.5, 0.6) is 0 Å². The van der Waals surface area contributed by atoms with Crippen LogP contribution in [-0.2, 0) is 9.53 Å². The third-order valence-electron chi connectivity index (χ3n) is 6.16. The van der Waals surface area contributed by atoms with Crippen LogP contribution in [0.3, 0.4) is 0 Å². The van der Waals surface area contributed by atoms with Crippen molar-refractivity contribution in [1.82, 2.24) is 10.2 Å². The lowest BCUT2D eigenvalue weighted by atomic mass is 9.90. The minimum Gasteiger partial charge on any atom is -0.469 e. The number of aliphatic hydroxyl groups is 1. The Labute approximate surface area is 201 Å². The fourth-order valence-corrected chi connectivity index (χ4v) is 4.49. The number of nitrogens with one attached hydrogen (secondary N) is 1. The molecule has 7 nitrogen and oxygen atoms in total. The number of rotatable bonds is 9. The quantitative estimate of drug-likeness (QED) is 0.476. The van der Waals surface area contributed by atoms with Crippen LogP contribution in [0.4, 0.5) is 17.2 Å². The molecule has 1 atom stereocenters. The molecular formula is C25H35ClN4O3. The zero-order chi connectivity index (χ0) is 24.0. The lowest BCUT2D eigenvalue weighted by Crippen LogP contribution is -2.41. The van der Waals surface area contributed by atoms with E-state index in [2.05, 4.69) is 52.5 Å². The third-order valence-corrected chi connectivity index (χ3v) is 6.36. The Kier molecular flexibility index (Phi) is 8.92. The lowest BCUT2D eigenvalue weighted by molar-refractivity contribution is -0.140. The summed E-state index contributed by atoms with van der Waals surface area (Å²) in [6.45, 7) is 7.36. The maximum absolute atomic E-state index is 11.8. The van der Waals surface area contributed by atoms with Crippen LogP contribution in [0, 0.1) is 5.92 Å². The Balaban J connectivity index is 1.98. The van der Waals surface area contributed by atoms with Crippen molar-refractivity contribution in [2.24, 2.45) is 5.92 Å². The molecule has 180 valence electrons. The van der Waals surface area contributed by atoms with Crippen LogP contribution in [0.2, 0.25) is 5.15 Å². The van der Waals surface area contributed by atoms with Crippen LogP contribution in [0.25, 0.3) is 0 Å². The number of aliphatic hydroxyl groups excluding tert-OH is 1. The zero-order valence-corrected chi connectivity index (χ0v) is 20.7. The van der Waals surface area contributed by atoms with Gasteiger partial charge < -0.3 is 20.1 Å². The fourth-order valence-electron chi connectivity index (χ4n) is 4.39. The molecule has 2 aromatic rings. The number of halogens is 1. The molecular weight excluding hydrogens is 440 g/mol. The molecule has 3 rings (SSSR count). The van der Waals surface area contributed by atoms with Crippen molar-refractivity contribution in [3.05, 3.63) is 41.0 Å². The molecule has 0 spiro atoms. The number of carbonyl (C=O) groups is 1. The molecule has 33 heavy (non-hydrogen) atoms. The largest absolute Gasteiger partial charge is 0.469 e. The van der Waals surface area contributed by atoms with Gasteiger partial charge in [-0.05, 0) is 67.3 Å². The summed E-state index contributed by atoms with van der Waals surface area (Å²) in [6, 6.07) is 10.2. The van der Waals surface area contributed by atoms with Crippen molar-refractivity contribution in [2.75, 3.05) is 23.9 Å². The second kappa shape index (κ2) is 11.7. The van der Waals surface area contributed by atoms with Crippen LogP contribution in [0.1, 0.15) is 64.4 Å². The van der Waals surface area contributed by atoms with Crippen molar-refractivity contribution in [2.45, 2.75) is 70.9 Å². The van der Waals surface area contributed by atoms with Gasteiger partial charge in [0.15, 0.2) is 11.0 Å². The van der Waals surface area contributed by atoms with Gasteiger partial charge in [0.05, 0.1) is 31.0 Å². The minimum absolute atomic E-state index is 0.00623. The van der Waals surface area contributed by atoms with Crippen molar-refractivity contribution in [3.8, 4) is 0 Å². The Morgan fingerprint density at radius 1 is 1.18 bits per heavy atom. The van der Waals surface area contributed by atoms with Gasteiger partial charge in [0.1, 0.15) is 0 Å². The number of hydrogen-bond donors (Lipinski definition) is 2. The summed E-state index contributed by atoms with van der Waals surface area (Å²) in [5.74, 6) is 0.846. The van der Waals surface area contributed by atoms with Gasteiger partial charge in [-0.1, -0.05) is 38.4 Å². The Hall–Kier alpha value is -2.38. The maximum atomic E-state index is 11.8. The van der Waals surface area contributed by atoms with Gasteiger partial charge in [0.25, 0.3) is 0 Å². The number of methoxy groups -OCH3 is 1. The number of anilines is 3. The van der Waals surface area contributed by atoms with E-state index in [1.807, 2.05) is 6.92 Å². The van der Waals surface area contributed by atoms with Gasteiger partial charge in [-0.15, -0.1) is 10.2 Å². The molecule has 8 heteroatoms. The standard InChI is InChI=1S/C25H35ClN4O3/c1-16(2)15-30(19-6-8-20(31)9-7-19)22-10-5-18(17(3)13-25(32)33-4)14-21(22)27-24-12-11-23(26)28-29-24/h5,10-12,14,16-17,19-20,31H,6-9,13,15H2,1-4H3,(H,27,29)/t17-,19-,20-/m1/s1. The van der Waals surface area contributed by atoms with Gasteiger partial charge in [-0.3, -0.25) is 4.79 Å². The third kappa shape index (κ3) is 7.05. The number of aromatic nitrogens is 2. The highest BCUT2D eigenvalue weighted by Crippen LogP contribution is 2.37. The Bertz CT molecular complexity index is 914. The van der Waals surface area contributed by atoms with Crippen molar-refractivity contribution in [3.63, 3.8) is 0 Å². The highest BCUT2D eigenvalue weighted by molar-refractivity contribution is 6.29. The van der Waals surface area contributed by atoms with Crippen molar-refractivity contribution in [1.29, 1.82) is 0 Å². The average Bonchev–Trinajstić information content (AvgIpc) is 2.79. The lowest BCUT2D eigenvalue weighted by Gasteiger charge is -2.39. The molecule has 0 aliphatic heterocycles. The van der Waals surface area contributed by atoms with Crippen LogP contribution < -0.4 is 10.2 Å².